The Morgan fingerprint density at radius 3 is 3.05 bits per heavy atom. The first-order chi connectivity index (χ1) is 9.15. The number of rotatable bonds is 3. The average Bonchev–Trinajstić information content (AvgIpc) is 2.45. The number of halogens is 1. The number of piperidine rings is 1. The molecule has 2 rings (SSSR count). The van der Waals surface area contributed by atoms with Gasteiger partial charge in [0.05, 0.1) is 12.6 Å². The van der Waals surface area contributed by atoms with Crippen LogP contribution in [0.15, 0.2) is 12.1 Å². The summed E-state index contributed by atoms with van der Waals surface area (Å²) in [6, 6.07) is 3.15. The summed E-state index contributed by atoms with van der Waals surface area (Å²) < 4.78 is 0. The van der Waals surface area contributed by atoms with E-state index in [0.717, 1.165) is 19.3 Å². The molecule has 1 unspecified atom stereocenters. The second-order valence-electron chi connectivity index (χ2n) is 4.64. The van der Waals surface area contributed by atoms with Crippen molar-refractivity contribution in [2.75, 3.05) is 25.5 Å². The number of carbonyl (C=O) groups is 1. The molecule has 1 aliphatic rings. The van der Waals surface area contributed by atoms with Crippen molar-refractivity contribution in [3.8, 4) is 0 Å². The molecule has 1 fully saturated rings. The van der Waals surface area contributed by atoms with Crippen LogP contribution in [0, 0.1) is 0 Å². The molecule has 5 nitrogen and oxygen atoms in total. The predicted octanol–water partition coefficient (Wildman–Crippen LogP) is 1.76. The van der Waals surface area contributed by atoms with E-state index >= 15 is 0 Å². The van der Waals surface area contributed by atoms with Crippen LogP contribution in [0.3, 0.4) is 0 Å². The Hall–Kier alpha value is -1.33. The molecule has 6 heteroatoms. The molecule has 1 aromatic rings. The highest BCUT2D eigenvalue weighted by atomic mass is 35.5. The number of anilines is 1. The van der Waals surface area contributed by atoms with Crippen LogP contribution in [0.1, 0.15) is 29.6 Å². The third-order valence-electron chi connectivity index (χ3n) is 3.40. The fraction of sp³-hybridized carbons (Fsp3) is 0.538. The van der Waals surface area contributed by atoms with E-state index in [0.29, 0.717) is 17.9 Å². The van der Waals surface area contributed by atoms with E-state index in [4.69, 9.17) is 11.6 Å². The van der Waals surface area contributed by atoms with Crippen LogP contribution in [-0.4, -0.2) is 47.1 Å². The Kier molecular flexibility index (Phi) is 4.61. The van der Waals surface area contributed by atoms with Crippen molar-refractivity contribution in [3.63, 3.8) is 0 Å². The lowest BCUT2D eigenvalue weighted by molar-refractivity contribution is 0.0503. The smallest absolute Gasteiger partial charge is 0.254 e. The van der Waals surface area contributed by atoms with Crippen molar-refractivity contribution in [1.82, 2.24) is 9.88 Å². The summed E-state index contributed by atoms with van der Waals surface area (Å²) >= 11 is 5.91. The molecule has 19 heavy (non-hydrogen) atoms. The number of aliphatic hydroxyl groups is 1. The zero-order chi connectivity index (χ0) is 13.8. The van der Waals surface area contributed by atoms with Crippen LogP contribution in [-0.2, 0) is 0 Å². The van der Waals surface area contributed by atoms with E-state index in [1.165, 1.54) is 0 Å². The van der Waals surface area contributed by atoms with Crippen LogP contribution >= 0.6 is 11.6 Å². The molecule has 0 saturated carbocycles. The van der Waals surface area contributed by atoms with Crippen LogP contribution in [0.25, 0.3) is 0 Å². The molecule has 1 atom stereocenters. The van der Waals surface area contributed by atoms with Crippen LogP contribution < -0.4 is 5.32 Å². The van der Waals surface area contributed by atoms with Gasteiger partial charge in [-0.05, 0) is 31.4 Å². The van der Waals surface area contributed by atoms with Gasteiger partial charge in [-0.2, -0.15) is 0 Å². The molecule has 104 valence electrons. The van der Waals surface area contributed by atoms with Crippen molar-refractivity contribution in [1.29, 1.82) is 0 Å². The number of likely N-dealkylation sites (tertiary alicyclic amines) is 1. The highest BCUT2D eigenvalue weighted by Crippen LogP contribution is 2.21. The zero-order valence-electron chi connectivity index (χ0n) is 10.9. The van der Waals surface area contributed by atoms with Crippen molar-refractivity contribution in [3.05, 3.63) is 22.8 Å². The van der Waals surface area contributed by atoms with Gasteiger partial charge in [0, 0.05) is 19.2 Å². The van der Waals surface area contributed by atoms with Crippen LogP contribution in [0.4, 0.5) is 5.82 Å². The summed E-state index contributed by atoms with van der Waals surface area (Å²) in [5.74, 6) is 0.466. The van der Waals surface area contributed by atoms with Gasteiger partial charge in [0.15, 0.2) is 0 Å². The van der Waals surface area contributed by atoms with Crippen LogP contribution in [0.5, 0.6) is 0 Å². The molecule has 1 saturated heterocycles. The summed E-state index contributed by atoms with van der Waals surface area (Å²) in [6.45, 7) is 0.683. The first-order valence-corrected chi connectivity index (χ1v) is 6.80. The van der Waals surface area contributed by atoms with E-state index < -0.39 is 0 Å². The molecule has 0 aromatic carbocycles. The fourth-order valence-corrected chi connectivity index (χ4v) is 2.58. The van der Waals surface area contributed by atoms with Gasteiger partial charge in [-0.1, -0.05) is 11.6 Å². The van der Waals surface area contributed by atoms with Gasteiger partial charge in [-0.15, -0.1) is 0 Å². The average molecular weight is 284 g/mol. The zero-order valence-corrected chi connectivity index (χ0v) is 11.7. The summed E-state index contributed by atoms with van der Waals surface area (Å²) in [4.78, 5) is 18.3. The minimum atomic E-state index is -0.0976. The summed E-state index contributed by atoms with van der Waals surface area (Å²) in [6.07, 6.45) is 2.87. The summed E-state index contributed by atoms with van der Waals surface area (Å²) in [5.41, 5.74) is 0.504. The fourth-order valence-electron chi connectivity index (χ4n) is 2.37. The van der Waals surface area contributed by atoms with Crippen molar-refractivity contribution in [2.24, 2.45) is 0 Å². The first kappa shape index (κ1) is 14.1. The molecule has 0 spiro atoms. The van der Waals surface area contributed by atoms with Crippen molar-refractivity contribution in [2.45, 2.75) is 25.3 Å². The first-order valence-electron chi connectivity index (χ1n) is 6.43. The standard InChI is InChI=1S/C13H18ClN3O2/c1-15-12-7-9(6-11(14)16-12)13(19)17-5-3-2-4-10(17)8-18/h6-7,10,18H,2-5,8H2,1H3,(H,15,16). The molecule has 2 N–H and O–H groups in total. The summed E-state index contributed by atoms with van der Waals surface area (Å²) in [5, 5.41) is 12.5. The van der Waals surface area contributed by atoms with Gasteiger partial charge < -0.3 is 15.3 Å². The Morgan fingerprint density at radius 1 is 1.58 bits per heavy atom. The SMILES string of the molecule is CNc1cc(C(=O)N2CCCCC2CO)cc(Cl)n1. The predicted molar refractivity (Wildman–Crippen MR) is 74.6 cm³/mol. The third kappa shape index (κ3) is 3.16. The second kappa shape index (κ2) is 6.21. The lowest BCUT2D eigenvalue weighted by Crippen LogP contribution is -2.45. The number of hydrogen-bond acceptors (Lipinski definition) is 4. The quantitative estimate of drug-likeness (QED) is 0.830. The minimum absolute atomic E-state index is 0.00341. The Morgan fingerprint density at radius 2 is 2.37 bits per heavy atom. The molecule has 0 radical (unpaired) electrons. The maximum Gasteiger partial charge on any atom is 0.254 e. The molecule has 1 amide bonds. The lowest BCUT2D eigenvalue weighted by Gasteiger charge is -2.34. The Labute approximate surface area is 117 Å². The van der Waals surface area contributed by atoms with Crippen molar-refractivity contribution < 1.29 is 9.90 Å². The monoisotopic (exact) mass is 283 g/mol. The number of pyridine rings is 1. The van der Waals surface area contributed by atoms with Gasteiger partial charge in [-0.3, -0.25) is 4.79 Å². The van der Waals surface area contributed by atoms with Crippen LogP contribution in [0.2, 0.25) is 5.15 Å². The molecule has 2 heterocycles. The number of aliphatic hydroxyl groups excluding tert-OH is 1. The molecule has 0 aliphatic carbocycles. The number of hydrogen-bond donors (Lipinski definition) is 2. The number of aromatic nitrogens is 1. The highest BCUT2D eigenvalue weighted by Gasteiger charge is 2.27. The van der Waals surface area contributed by atoms with Gasteiger partial charge >= 0.3 is 0 Å². The highest BCUT2D eigenvalue weighted by molar-refractivity contribution is 6.29. The van der Waals surface area contributed by atoms with Gasteiger partial charge in [0.25, 0.3) is 5.91 Å². The maximum absolute atomic E-state index is 12.5. The number of nitrogens with zero attached hydrogens (tertiary/aromatic N) is 2. The Bertz CT molecular complexity index is 467. The molecule has 0 bridgehead atoms. The second-order valence-corrected chi connectivity index (χ2v) is 5.03. The van der Waals surface area contributed by atoms with E-state index in [9.17, 15) is 9.90 Å². The number of amides is 1. The van der Waals surface area contributed by atoms with E-state index in [-0.39, 0.29) is 23.7 Å². The molecule has 1 aliphatic heterocycles. The van der Waals surface area contributed by atoms with E-state index in [2.05, 4.69) is 10.3 Å². The normalized spacial score (nSPS) is 19.3. The largest absolute Gasteiger partial charge is 0.394 e. The summed E-state index contributed by atoms with van der Waals surface area (Å²) in [7, 11) is 1.73. The van der Waals surface area contributed by atoms with Gasteiger partial charge in [-0.25, -0.2) is 4.98 Å². The molecule has 1 aromatic heterocycles. The van der Waals surface area contributed by atoms with E-state index in [1.54, 1.807) is 24.1 Å². The number of nitrogens with one attached hydrogen (secondary N) is 1. The third-order valence-corrected chi connectivity index (χ3v) is 3.59. The van der Waals surface area contributed by atoms with E-state index in [1.807, 2.05) is 0 Å². The molecular formula is C13H18ClN3O2. The van der Waals surface area contributed by atoms with Gasteiger partial charge in [0.1, 0.15) is 11.0 Å². The number of carbonyl (C=O) groups excluding carboxylic acids is 1. The Balaban J connectivity index is 2.24. The van der Waals surface area contributed by atoms with Crippen molar-refractivity contribution >= 4 is 23.3 Å². The van der Waals surface area contributed by atoms with Gasteiger partial charge in [0.2, 0.25) is 0 Å². The minimum Gasteiger partial charge on any atom is -0.394 e. The lowest BCUT2D eigenvalue weighted by atomic mass is 10.0. The molecular weight excluding hydrogens is 266 g/mol. The topological polar surface area (TPSA) is 65.5 Å². The maximum atomic E-state index is 12.5.